The Labute approximate surface area is 121 Å². The molecule has 1 aromatic heterocycles. The van der Waals surface area contributed by atoms with Crippen LogP contribution in [0.1, 0.15) is 16.8 Å². The van der Waals surface area contributed by atoms with E-state index in [1.54, 1.807) is 0 Å². The van der Waals surface area contributed by atoms with Gasteiger partial charge in [0.1, 0.15) is 0 Å². The van der Waals surface area contributed by atoms with Gasteiger partial charge in [-0.1, -0.05) is 6.07 Å². The molecule has 4 heteroatoms. The lowest BCUT2D eigenvalue weighted by atomic mass is 10.1. The van der Waals surface area contributed by atoms with Crippen LogP contribution in [0.4, 0.5) is 0 Å². The average Bonchev–Trinajstić information content (AvgIpc) is 2.65. The number of nitrogens with one attached hydrogen (secondary N) is 1. The molecule has 4 nitrogen and oxygen atoms in total. The summed E-state index contributed by atoms with van der Waals surface area (Å²) in [6.07, 6.45) is 0. The van der Waals surface area contributed by atoms with Crippen molar-refractivity contribution in [3.8, 4) is 0 Å². The molecule has 0 radical (unpaired) electrons. The maximum absolute atomic E-state index is 4.69. The van der Waals surface area contributed by atoms with Crippen molar-refractivity contribution in [3.63, 3.8) is 0 Å². The molecule has 0 aliphatic carbocycles. The predicted octanol–water partition coefficient (Wildman–Crippen LogP) is 2.76. The molecule has 0 saturated carbocycles. The summed E-state index contributed by atoms with van der Waals surface area (Å²) in [5.74, 6) is 0.979. The summed E-state index contributed by atoms with van der Waals surface area (Å²) in [4.78, 5) is 12.2. The van der Waals surface area contributed by atoms with Crippen LogP contribution >= 0.6 is 0 Å². The van der Waals surface area contributed by atoms with Gasteiger partial charge in [0.2, 0.25) is 0 Å². The minimum absolute atomic E-state index is 0.700. The Morgan fingerprint density at radius 3 is 2.35 bits per heavy atom. The van der Waals surface area contributed by atoms with Crippen molar-refractivity contribution in [1.29, 1.82) is 0 Å². The first-order valence-corrected chi connectivity index (χ1v) is 6.87. The number of hydrogen-bond acceptors (Lipinski definition) is 1. The van der Waals surface area contributed by atoms with Crippen molar-refractivity contribution in [2.24, 2.45) is 4.99 Å². The molecule has 2 rings (SSSR count). The molecule has 20 heavy (non-hydrogen) atoms. The fourth-order valence-corrected chi connectivity index (χ4v) is 2.45. The highest BCUT2D eigenvalue weighted by molar-refractivity contribution is 5.85. The molecule has 0 spiro atoms. The molecule has 0 aliphatic heterocycles. The third-order valence-corrected chi connectivity index (χ3v) is 3.58. The molecular formula is C16H24N4. The second kappa shape index (κ2) is 5.57. The molecule has 0 fully saturated rings. The summed E-state index contributed by atoms with van der Waals surface area (Å²) < 4.78 is 0. The third-order valence-electron chi connectivity index (χ3n) is 3.58. The zero-order chi connectivity index (χ0) is 14.9. The fourth-order valence-electron chi connectivity index (χ4n) is 2.45. The summed E-state index contributed by atoms with van der Waals surface area (Å²) in [6, 6.07) is 6.52. The number of aromatic amines is 1. The van der Waals surface area contributed by atoms with E-state index in [9.17, 15) is 0 Å². The van der Waals surface area contributed by atoms with E-state index in [1.165, 1.54) is 27.7 Å². The molecule has 1 N–H and O–H groups in total. The van der Waals surface area contributed by atoms with E-state index >= 15 is 0 Å². The largest absolute Gasteiger partial charge is 0.358 e. The van der Waals surface area contributed by atoms with Gasteiger partial charge in [-0.3, -0.25) is 0 Å². The Morgan fingerprint density at radius 1 is 1.10 bits per heavy atom. The van der Waals surface area contributed by atoms with Gasteiger partial charge in [0.05, 0.1) is 6.54 Å². The van der Waals surface area contributed by atoms with Crippen LogP contribution in [0.15, 0.2) is 23.2 Å². The minimum Gasteiger partial charge on any atom is -0.358 e. The molecule has 0 atom stereocenters. The van der Waals surface area contributed by atoms with Crippen LogP contribution in [0.5, 0.6) is 0 Å². The van der Waals surface area contributed by atoms with Gasteiger partial charge in [-0.2, -0.15) is 0 Å². The van der Waals surface area contributed by atoms with Crippen molar-refractivity contribution in [2.75, 3.05) is 28.2 Å². The molecule has 0 unspecified atom stereocenters. The van der Waals surface area contributed by atoms with E-state index in [0.717, 1.165) is 5.96 Å². The maximum atomic E-state index is 4.69. The number of nitrogens with zero attached hydrogens (tertiary/aromatic N) is 3. The maximum Gasteiger partial charge on any atom is 0.195 e. The average molecular weight is 272 g/mol. The number of aliphatic imine (C=N–C) groups is 1. The molecule has 108 valence electrons. The highest BCUT2D eigenvalue weighted by Crippen LogP contribution is 2.22. The number of rotatable bonds is 2. The van der Waals surface area contributed by atoms with Crippen LogP contribution in [0.3, 0.4) is 0 Å². The van der Waals surface area contributed by atoms with Gasteiger partial charge < -0.3 is 14.8 Å². The van der Waals surface area contributed by atoms with Crippen LogP contribution in [0.25, 0.3) is 10.9 Å². The third kappa shape index (κ3) is 2.79. The van der Waals surface area contributed by atoms with E-state index in [0.29, 0.717) is 6.54 Å². The molecule has 0 saturated heterocycles. The zero-order valence-corrected chi connectivity index (χ0v) is 13.3. The number of fused-ring (bicyclic) bond motifs is 1. The quantitative estimate of drug-likeness (QED) is 0.674. The first-order valence-electron chi connectivity index (χ1n) is 6.87. The Bertz CT molecular complexity index is 625. The summed E-state index contributed by atoms with van der Waals surface area (Å²) >= 11 is 0. The number of aryl methyl sites for hydroxylation is 2. The molecule has 0 bridgehead atoms. The van der Waals surface area contributed by atoms with Gasteiger partial charge in [0.15, 0.2) is 5.96 Å². The van der Waals surface area contributed by atoms with Crippen LogP contribution in [-0.4, -0.2) is 48.9 Å². The van der Waals surface area contributed by atoms with Crippen LogP contribution < -0.4 is 0 Å². The highest BCUT2D eigenvalue weighted by Gasteiger charge is 2.06. The second-order valence-corrected chi connectivity index (χ2v) is 5.66. The summed E-state index contributed by atoms with van der Waals surface area (Å²) in [5, 5.41) is 1.30. The normalized spacial score (nSPS) is 10.7. The zero-order valence-electron chi connectivity index (χ0n) is 13.3. The smallest absolute Gasteiger partial charge is 0.195 e. The Balaban J connectivity index is 2.30. The van der Waals surface area contributed by atoms with E-state index in [-0.39, 0.29) is 0 Å². The molecule has 0 aliphatic rings. The van der Waals surface area contributed by atoms with Crippen molar-refractivity contribution >= 4 is 16.9 Å². The lowest BCUT2D eigenvalue weighted by molar-refractivity contribution is 0.479. The molecular weight excluding hydrogens is 248 g/mol. The summed E-state index contributed by atoms with van der Waals surface area (Å²) in [7, 11) is 8.06. The standard InChI is InChI=1S/C16H24N4/c1-11-12(2)18-15-8-7-13(9-14(11)15)10-17-16(19(3)4)20(5)6/h7-9,18H,10H2,1-6H3. The molecule has 1 aromatic carbocycles. The van der Waals surface area contributed by atoms with Crippen molar-refractivity contribution < 1.29 is 0 Å². The fraction of sp³-hybridized carbons (Fsp3) is 0.438. The summed E-state index contributed by atoms with van der Waals surface area (Å²) in [6.45, 7) is 4.97. The first-order chi connectivity index (χ1) is 9.40. The van der Waals surface area contributed by atoms with Gasteiger partial charge in [-0.05, 0) is 37.1 Å². The van der Waals surface area contributed by atoms with Gasteiger partial charge in [0.25, 0.3) is 0 Å². The Hall–Kier alpha value is -1.97. The lowest BCUT2D eigenvalue weighted by Gasteiger charge is -2.22. The molecule has 2 aromatic rings. The van der Waals surface area contributed by atoms with Crippen LogP contribution in [0.2, 0.25) is 0 Å². The lowest BCUT2D eigenvalue weighted by Crippen LogP contribution is -2.35. The monoisotopic (exact) mass is 272 g/mol. The van der Waals surface area contributed by atoms with Crippen LogP contribution in [-0.2, 0) is 6.54 Å². The van der Waals surface area contributed by atoms with E-state index in [4.69, 9.17) is 4.99 Å². The SMILES string of the molecule is Cc1[nH]c2ccc(CN=C(N(C)C)N(C)C)cc2c1C. The Kier molecular flexibility index (Phi) is 4.02. The Morgan fingerprint density at radius 2 is 1.75 bits per heavy atom. The molecule has 1 heterocycles. The van der Waals surface area contributed by atoms with Crippen molar-refractivity contribution in [2.45, 2.75) is 20.4 Å². The number of hydrogen-bond donors (Lipinski definition) is 1. The van der Waals surface area contributed by atoms with Gasteiger partial charge in [-0.15, -0.1) is 0 Å². The minimum atomic E-state index is 0.700. The predicted molar refractivity (Wildman–Crippen MR) is 86.3 cm³/mol. The number of aromatic nitrogens is 1. The van der Waals surface area contributed by atoms with Crippen molar-refractivity contribution in [3.05, 3.63) is 35.0 Å². The van der Waals surface area contributed by atoms with Gasteiger partial charge in [0, 0.05) is 44.8 Å². The second-order valence-electron chi connectivity index (χ2n) is 5.66. The topological polar surface area (TPSA) is 34.6 Å². The van der Waals surface area contributed by atoms with E-state index in [2.05, 4.69) is 37.0 Å². The van der Waals surface area contributed by atoms with Gasteiger partial charge >= 0.3 is 0 Å². The molecule has 0 amide bonds. The van der Waals surface area contributed by atoms with E-state index in [1.807, 2.05) is 38.0 Å². The number of H-pyrrole nitrogens is 1. The van der Waals surface area contributed by atoms with Gasteiger partial charge in [-0.25, -0.2) is 4.99 Å². The number of benzene rings is 1. The summed E-state index contributed by atoms with van der Waals surface area (Å²) in [5.41, 5.74) is 5.00. The highest BCUT2D eigenvalue weighted by atomic mass is 15.3. The van der Waals surface area contributed by atoms with Crippen LogP contribution in [0, 0.1) is 13.8 Å². The number of guanidine groups is 1. The van der Waals surface area contributed by atoms with E-state index < -0.39 is 0 Å². The van der Waals surface area contributed by atoms with Crippen molar-refractivity contribution in [1.82, 2.24) is 14.8 Å². The first kappa shape index (κ1) is 14.4.